The first kappa shape index (κ1) is 14.8. The number of nitrogens with one attached hydrogen (secondary N) is 1. The lowest BCUT2D eigenvalue weighted by Gasteiger charge is -2.44. The van der Waals surface area contributed by atoms with Gasteiger partial charge < -0.3 is 4.74 Å². The van der Waals surface area contributed by atoms with Gasteiger partial charge in [-0.05, 0) is 58.7 Å². The molecule has 1 fully saturated rings. The molecule has 2 rings (SSSR count). The summed E-state index contributed by atoms with van der Waals surface area (Å²) in [4.78, 5) is 2.57. The van der Waals surface area contributed by atoms with E-state index in [0.29, 0.717) is 0 Å². The molecule has 0 aromatic carbocycles. The number of nitrogens with zero attached hydrogens (tertiary/aromatic N) is 1. The Hall–Kier alpha value is -0.580. The highest BCUT2D eigenvalue weighted by molar-refractivity contribution is 5.13. The molecular weight excluding hydrogens is 238 g/mol. The zero-order valence-corrected chi connectivity index (χ0v) is 12.5. The second-order valence-electron chi connectivity index (χ2n) is 6.25. The third-order valence-corrected chi connectivity index (χ3v) is 4.54. The van der Waals surface area contributed by atoms with Crippen LogP contribution in [0, 0.1) is 0 Å². The summed E-state index contributed by atoms with van der Waals surface area (Å²) < 4.78 is 5.83. The Balaban J connectivity index is 2.11. The van der Waals surface area contributed by atoms with Crippen molar-refractivity contribution in [2.45, 2.75) is 64.0 Å². The molecule has 0 bridgehead atoms. The maximum atomic E-state index is 5.84. The van der Waals surface area contributed by atoms with Crippen molar-refractivity contribution in [2.75, 3.05) is 19.7 Å². The third-order valence-electron chi connectivity index (χ3n) is 4.54. The number of hydrogen-bond acceptors (Lipinski definition) is 4. The van der Waals surface area contributed by atoms with E-state index in [0.717, 1.165) is 25.2 Å². The monoisotopic (exact) mass is 267 g/mol. The van der Waals surface area contributed by atoms with Crippen LogP contribution in [0.4, 0.5) is 0 Å². The second-order valence-corrected chi connectivity index (χ2v) is 6.25. The normalized spacial score (nSPS) is 24.3. The lowest BCUT2D eigenvalue weighted by atomic mass is 9.89. The number of likely N-dealkylation sites (tertiary alicyclic amines) is 1. The van der Waals surface area contributed by atoms with Gasteiger partial charge in [-0.2, -0.15) is 0 Å². The van der Waals surface area contributed by atoms with Crippen LogP contribution in [-0.4, -0.2) is 36.2 Å². The molecule has 0 aromatic heterocycles. The highest BCUT2D eigenvalue weighted by atomic mass is 16.5. The van der Waals surface area contributed by atoms with Crippen molar-refractivity contribution < 1.29 is 4.74 Å². The standard InChI is InChI=1S/C15H29N3O/c1-15(2,18-10-6-3-4-7-11-18)14(17-16)13-9-5-8-12-19-13/h9,14,17H,3-8,10-12,16H2,1-2H3. The molecule has 2 aliphatic heterocycles. The minimum absolute atomic E-state index is 0.0116. The Kier molecular flexibility index (Phi) is 5.25. The summed E-state index contributed by atoms with van der Waals surface area (Å²) in [5, 5.41) is 0. The highest BCUT2D eigenvalue weighted by Crippen LogP contribution is 2.28. The van der Waals surface area contributed by atoms with Crippen LogP contribution < -0.4 is 11.3 Å². The Bertz CT molecular complexity index is 307. The van der Waals surface area contributed by atoms with Crippen LogP contribution in [0.1, 0.15) is 52.4 Å². The molecule has 0 amide bonds. The lowest BCUT2D eigenvalue weighted by molar-refractivity contribution is 0.0597. The van der Waals surface area contributed by atoms with E-state index in [4.69, 9.17) is 10.6 Å². The molecule has 0 aliphatic carbocycles. The van der Waals surface area contributed by atoms with Crippen molar-refractivity contribution in [2.24, 2.45) is 5.84 Å². The van der Waals surface area contributed by atoms with Crippen molar-refractivity contribution in [1.29, 1.82) is 0 Å². The van der Waals surface area contributed by atoms with Crippen molar-refractivity contribution >= 4 is 0 Å². The van der Waals surface area contributed by atoms with E-state index >= 15 is 0 Å². The fourth-order valence-corrected chi connectivity index (χ4v) is 3.24. The smallest absolute Gasteiger partial charge is 0.112 e. The predicted octanol–water partition coefficient (Wildman–Crippen LogP) is 2.17. The summed E-state index contributed by atoms with van der Waals surface area (Å²) >= 11 is 0. The predicted molar refractivity (Wildman–Crippen MR) is 78.5 cm³/mol. The molecule has 2 heterocycles. The van der Waals surface area contributed by atoms with E-state index in [1.54, 1.807) is 0 Å². The molecule has 0 aromatic rings. The zero-order valence-electron chi connectivity index (χ0n) is 12.5. The SMILES string of the molecule is CC(C)(C(NN)C1=CCCCO1)N1CCCCCC1. The summed E-state index contributed by atoms with van der Waals surface area (Å²) in [7, 11) is 0. The summed E-state index contributed by atoms with van der Waals surface area (Å²) in [6, 6.07) is 0.0749. The van der Waals surface area contributed by atoms with Gasteiger partial charge in [-0.15, -0.1) is 0 Å². The van der Waals surface area contributed by atoms with Crippen LogP contribution in [0.3, 0.4) is 0 Å². The zero-order chi connectivity index (χ0) is 13.7. The third kappa shape index (κ3) is 3.50. The Morgan fingerprint density at radius 3 is 2.42 bits per heavy atom. The largest absolute Gasteiger partial charge is 0.496 e. The van der Waals surface area contributed by atoms with Crippen molar-refractivity contribution in [1.82, 2.24) is 10.3 Å². The number of ether oxygens (including phenoxy) is 1. The number of nitrogens with two attached hydrogens (primary N) is 1. The van der Waals surface area contributed by atoms with Crippen LogP contribution in [0.15, 0.2) is 11.8 Å². The molecular formula is C15H29N3O. The molecule has 2 aliphatic rings. The first-order valence-electron chi connectivity index (χ1n) is 7.70. The number of allylic oxidation sites excluding steroid dienone is 1. The molecule has 4 heteroatoms. The van der Waals surface area contributed by atoms with E-state index < -0.39 is 0 Å². The molecule has 4 nitrogen and oxygen atoms in total. The topological polar surface area (TPSA) is 50.5 Å². The minimum atomic E-state index is -0.0116. The van der Waals surface area contributed by atoms with Crippen LogP contribution in [0.2, 0.25) is 0 Å². The number of hydrazine groups is 1. The molecule has 3 N–H and O–H groups in total. The van der Waals surface area contributed by atoms with E-state index in [1.165, 1.54) is 38.8 Å². The summed E-state index contributed by atoms with van der Waals surface area (Å²) in [5.74, 6) is 6.87. The maximum absolute atomic E-state index is 5.84. The van der Waals surface area contributed by atoms with Gasteiger partial charge in [0.05, 0.1) is 12.6 Å². The number of hydrogen-bond donors (Lipinski definition) is 2. The lowest BCUT2D eigenvalue weighted by Crippen LogP contribution is -2.60. The second kappa shape index (κ2) is 6.73. The fourth-order valence-electron chi connectivity index (χ4n) is 3.24. The molecule has 0 saturated carbocycles. The van der Waals surface area contributed by atoms with E-state index in [1.807, 2.05) is 0 Å². The molecule has 110 valence electrons. The Labute approximate surface area is 117 Å². The Morgan fingerprint density at radius 2 is 1.89 bits per heavy atom. The van der Waals surface area contributed by atoms with E-state index in [9.17, 15) is 0 Å². The molecule has 19 heavy (non-hydrogen) atoms. The van der Waals surface area contributed by atoms with Gasteiger partial charge in [0.25, 0.3) is 0 Å². The van der Waals surface area contributed by atoms with E-state index in [2.05, 4.69) is 30.2 Å². The van der Waals surface area contributed by atoms with Gasteiger partial charge in [0, 0.05) is 5.54 Å². The van der Waals surface area contributed by atoms with Crippen molar-refractivity contribution in [3.8, 4) is 0 Å². The average Bonchev–Trinajstić information content (AvgIpc) is 2.70. The molecule has 1 unspecified atom stereocenters. The van der Waals surface area contributed by atoms with Gasteiger partial charge in [-0.25, -0.2) is 5.43 Å². The van der Waals surface area contributed by atoms with Crippen LogP contribution in [0.25, 0.3) is 0 Å². The molecule has 1 saturated heterocycles. The van der Waals surface area contributed by atoms with Crippen LogP contribution in [-0.2, 0) is 4.74 Å². The van der Waals surface area contributed by atoms with Gasteiger partial charge in [-0.1, -0.05) is 12.8 Å². The van der Waals surface area contributed by atoms with Crippen molar-refractivity contribution in [3.05, 3.63) is 11.8 Å². The minimum Gasteiger partial charge on any atom is -0.496 e. The van der Waals surface area contributed by atoms with Gasteiger partial charge >= 0.3 is 0 Å². The van der Waals surface area contributed by atoms with Crippen LogP contribution >= 0.6 is 0 Å². The van der Waals surface area contributed by atoms with Crippen molar-refractivity contribution in [3.63, 3.8) is 0 Å². The Morgan fingerprint density at radius 1 is 1.21 bits per heavy atom. The van der Waals surface area contributed by atoms with Gasteiger partial charge in [0.1, 0.15) is 5.76 Å². The molecule has 1 atom stereocenters. The summed E-state index contributed by atoms with van der Waals surface area (Å²) in [6.07, 6.45) is 9.71. The van der Waals surface area contributed by atoms with Crippen LogP contribution in [0.5, 0.6) is 0 Å². The van der Waals surface area contributed by atoms with Gasteiger partial charge in [0.15, 0.2) is 0 Å². The highest BCUT2D eigenvalue weighted by Gasteiger charge is 2.38. The first-order chi connectivity index (χ1) is 9.16. The summed E-state index contributed by atoms with van der Waals surface area (Å²) in [5.41, 5.74) is 2.98. The quantitative estimate of drug-likeness (QED) is 0.605. The fraction of sp³-hybridized carbons (Fsp3) is 0.867. The summed E-state index contributed by atoms with van der Waals surface area (Å²) in [6.45, 7) is 7.71. The first-order valence-corrected chi connectivity index (χ1v) is 7.70. The maximum Gasteiger partial charge on any atom is 0.112 e. The molecule has 0 radical (unpaired) electrons. The number of rotatable bonds is 4. The van der Waals surface area contributed by atoms with Gasteiger partial charge in [0.2, 0.25) is 0 Å². The van der Waals surface area contributed by atoms with E-state index in [-0.39, 0.29) is 11.6 Å². The molecule has 0 spiro atoms. The average molecular weight is 267 g/mol. The van der Waals surface area contributed by atoms with Gasteiger partial charge in [-0.3, -0.25) is 10.7 Å².